The third-order valence-electron chi connectivity index (χ3n) is 5.26. The minimum atomic E-state index is -1.53. The summed E-state index contributed by atoms with van der Waals surface area (Å²) in [5.74, 6) is -3.17. The zero-order chi connectivity index (χ0) is 18.4. The van der Waals surface area contributed by atoms with Crippen molar-refractivity contribution in [1.29, 1.82) is 0 Å². The zero-order valence-corrected chi connectivity index (χ0v) is 14.7. The SMILES string of the molecule is CCN1C(=O)[C@@H]2[C@@H](c3ccc(Cl)cc3)[NH2+][C@@](CO)(C(=O)OC)[C@@H]2C1=O. The number of nitrogens with zero attached hydrogens (tertiary/aromatic N) is 1. The first-order valence-corrected chi connectivity index (χ1v) is 8.45. The molecule has 2 saturated heterocycles. The number of imide groups is 1. The van der Waals surface area contributed by atoms with Crippen LogP contribution in [-0.2, 0) is 19.1 Å². The summed E-state index contributed by atoms with van der Waals surface area (Å²) in [6.45, 7) is 1.33. The van der Waals surface area contributed by atoms with Crippen molar-refractivity contribution in [2.45, 2.75) is 18.5 Å². The minimum absolute atomic E-state index is 0.223. The molecule has 3 N–H and O–H groups in total. The number of fused-ring (bicyclic) bond motifs is 1. The number of likely N-dealkylation sites (tertiary alicyclic amines) is 1. The van der Waals surface area contributed by atoms with Crippen molar-refractivity contribution in [3.63, 3.8) is 0 Å². The number of esters is 1. The van der Waals surface area contributed by atoms with Gasteiger partial charge in [0, 0.05) is 17.1 Å². The highest BCUT2D eigenvalue weighted by atomic mass is 35.5. The number of rotatable bonds is 4. The Morgan fingerprint density at radius 3 is 2.48 bits per heavy atom. The van der Waals surface area contributed by atoms with Gasteiger partial charge in [0.25, 0.3) is 0 Å². The summed E-state index contributed by atoms with van der Waals surface area (Å²) in [6, 6.07) is 6.42. The highest BCUT2D eigenvalue weighted by Gasteiger charge is 2.72. The fraction of sp³-hybridized carbons (Fsp3) is 0.471. The number of nitrogens with two attached hydrogens (primary N) is 1. The van der Waals surface area contributed by atoms with Crippen LogP contribution in [0.25, 0.3) is 0 Å². The van der Waals surface area contributed by atoms with E-state index in [0.717, 1.165) is 10.5 Å². The second kappa shape index (κ2) is 6.40. The fourth-order valence-corrected chi connectivity index (χ4v) is 4.21. The van der Waals surface area contributed by atoms with Crippen LogP contribution in [0.15, 0.2) is 24.3 Å². The number of hydrogen-bond acceptors (Lipinski definition) is 5. The predicted molar refractivity (Wildman–Crippen MR) is 87.3 cm³/mol. The van der Waals surface area contributed by atoms with Crippen LogP contribution in [-0.4, -0.2) is 53.6 Å². The Morgan fingerprint density at radius 1 is 1.32 bits per heavy atom. The van der Waals surface area contributed by atoms with Gasteiger partial charge in [-0.25, -0.2) is 4.79 Å². The molecule has 2 aliphatic heterocycles. The van der Waals surface area contributed by atoms with E-state index in [1.807, 2.05) is 0 Å². The average molecular weight is 368 g/mol. The van der Waals surface area contributed by atoms with E-state index in [1.54, 1.807) is 36.5 Å². The molecule has 2 heterocycles. The summed E-state index contributed by atoms with van der Waals surface area (Å²) >= 11 is 5.93. The molecule has 1 aromatic carbocycles. The van der Waals surface area contributed by atoms with Crippen molar-refractivity contribution in [2.75, 3.05) is 20.3 Å². The Bertz CT molecular complexity index is 722. The summed E-state index contributed by atoms with van der Waals surface area (Å²) in [6.07, 6.45) is 0. The predicted octanol–water partition coefficient (Wildman–Crippen LogP) is -0.517. The molecule has 25 heavy (non-hydrogen) atoms. The van der Waals surface area contributed by atoms with Crippen molar-refractivity contribution < 1.29 is 29.5 Å². The summed E-state index contributed by atoms with van der Waals surface area (Å²) in [4.78, 5) is 39.2. The Morgan fingerprint density at radius 2 is 1.96 bits per heavy atom. The van der Waals surface area contributed by atoms with Gasteiger partial charge in [0.05, 0.1) is 7.11 Å². The van der Waals surface area contributed by atoms with Crippen molar-refractivity contribution in [1.82, 2.24) is 4.90 Å². The van der Waals surface area contributed by atoms with E-state index in [9.17, 15) is 19.5 Å². The van der Waals surface area contributed by atoms with Crippen molar-refractivity contribution in [3.8, 4) is 0 Å². The van der Waals surface area contributed by atoms with Crippen LogP contribution in [0.5, 0.6) is 0 Å². The average Bonchev–Trinajstić information content (AvgIpc) is 3.10. The molecule has 0 bridgehead atoms. The standard InChI is InChI=1S/C17H19ClN2O5/c1-3-20-14(22)11-12(15(20)23)17(8-21,16(24)25-2)19-13(11)9-4-6-10(18)7-5-9/h4-7,11-13,19,21H,3,8H2,1-2H3/p+1/t11-,12-,13+,17+/m0/s1. The topological polar surface area (TPSA) is 101 Å². The van der Waals surface area contributed by atoms with Crippen LogP contribution in [0.1, 0.15) is 18.5 Å². The lowest BCUT2D eigenvalue weighted by Gasteiger charge is -2.27. The van der Waals surface area contributed by atoms with Gasteiger partial charge in [-0.05, 0) is 19.1 Å². The maximum atomic E-state index is 12.8. The van der Waals surface area contributed by atoms with E-state index >= 15 is 0 Å². The molecule has 0 unspecified atom stereocenters. The van der Waals surface area contributed by atoms with Gasteiger partial charge < -0.3 is 15.2 Å². The molecule has 2 amide bonds. The smallest absolute Gasteiger partial charge is 0.371 e. The van der Waals surface area contributed by atoms with Crippen molar-refractivity contribution in [2.24, 2.45) is 11.8 Å². The van der Waals surface area contributed by atoms with Crippen LogP contribution in [0.2, 0.25) is 5.02 Å². The lowest BCUT2D eigenvalue weighted by atomic mass is 9.79. The fourth-order valence-electron chi connectivity index (χ4n) is 4.08. The summed E-state index contributed by atoms with van der Waals surface area (Å²) in [7, 11) is 1.21. The molecule has 8 heteroatoms. The first-order chi connectivity index (χ1) is 11.9. The number of carbonyl (C=O) groups excluding carboxylic acids is 3. The van der Waals surface area contributed by atoms with Gasteiger partial charge in [0.2, 0.25) is 17.4 Å². The molecule has 4 atom stereocenters. The lowest BCUT2D eigenvalue weighted by Crippen LogP contribution is -2.99. The number of carbonyl (C=O) groups is 3. The second-order valence-corrected chi connectivity index (χ2v) is 6.79. The van der Waals surface area contributed by atoms with E-state index in [2.05, 4.69) is 0 Å². The molecule has 0 radical (unpaired) electrons. The number of quaternary nitrogens is 1. The number of hydrogen-bond donors (Lipinski definition) is 2. The number of aliphatic hydroxyl groups excluding tert-OH is 1. The van der Waals surface area contributed by atoms with Crippen molar-refractivity contribution in [3.05, 3.63) is 34.9 Å². The zero-order valence-electron chi connectivity index (χ0n) is 13.9. The van der Waals surface area contributed by atoms with Gasteiger partial charge in [-0.15, -0.1) is 0 Å². The first-order valence-electron chi connectivity index (χ1n) is 8.07. The van der Waals surface area contributed by atoms with Crippen molar-refractivity contribution >= 4 is 29.4 Å². The molecule has 1 aromatic rings. The third-order valence-corrected chi connectivity index (χ3v) is 5.51. The van der Waals surface area contributed by atoms with E-state index in [-0.39, 0.29) is 12.5 Å². The van der Waals surface area contributed by atoms with Gasteiger partial charge >= 0.3 is 5.97 Å². The number of aliphatic hydroxyl groups is 1. The van der Waals surface area contributed by atoms with E-state index < -0.39 is 41.9 Å². The van der Waals surface area contributed by atoms with E-state index in [0.29, 0.717) is 5.02 Å². The number of ether oxygens (including phenoxy) is 1. The highest BCUT2D eigenvalue weighted by molar-refractivity contribution is 6.30. The molecule has 2 fully saturated rings. The van der Waals surface area contributed by atoms with Gasteiger partial charge in [-0.3, -0.25) is 14.5 Å². The molecule has 7 nitrogen and oxygen atoms in total. The first kappa shape index (κ1) is 17.8. The van der Waals surface area contributed by atoms with Crippen LogP contribution >= 0.6 is 11.6 Å². The van der Waals surface area contributed by atoms with Crippen LogP contribution in [0, 0.1) is 11.8 Å². The minimum Gasteiger partial charge on any atom is -0.464 e. The highest BCUT2D eigenvalue weighted by Crippen LogP contribution is 2.44. The van der Waals surface area contributed by atoms with E-state index in [4.69, 9.17) is 16.3 Å². The second-order valence-electron chi connectivity index (χ2n) is 6.36. The summed E-state index contributed by atoms with van der Waals surface area (Å²) in [5.41, 5.74) is -0.766. The maximum Gasteiger partial charge on any atom is 0.371 e. The molecule has 2 aliphatic rings. The Kier molecular flexibility index (Phi) is 4.57. The molecule has 3 rings (SSSR count). The van der Waals surface area contributed by atoms with Crippen LogP contribution in [0.3, 0.4) is 0 Å². The number of methoxy groups -OCH3 is 1. The van der Waals surface area contributed by atoms with Crippen LogP contribution in [0.4, 0.5) is 0 Å². The van der Waals surface area contributed by atoms with Gasteiger partial charge in [0.1, 0.15) is 24.5 Å². The molecule has 0 aliphatic carbocycles. The molecule has 0 aromatic heterocycles. The normalized spacial score (nSPS) is 31.4. The Balaban J connectivity index is 2.13. The third kappa shape index (κ3) is 2.46. The summed E-state index contributed by atoms with van der Waals surface area (Å²) < 4.78 is 4.86. The molecular formula is C17H20ClN2O5+. The maximum absolute atomic E-state index is 12.8. The van der Waals surface area contributed by atoms with Gasteiger partial charge in [-0.1, -0.05) is 23.7 Å². The molecule has 134 valence electrons. The summed E-state index contributed by atoms with van der Waals surface area (Å²) in [5, 5.41) is 12.1. The lowest BCUT2D eigenvalue weighted by molar-refractivity contribution is -0.735. The number of benzene rings is 1. The Hall–Kier alpha value is -1.96. The monoisotopic (exact) mass is 367 g/mol. The molecule has 0 spiro atoms. The molecular weight excluding hydrogens is 348 g/mol. The molecule has 0 saturated carbocycles. The van der Waals surface area contributed by atoms with Crippen LogP contribution < -0.4 is 5.32 Å². The number of amides is 2. The van der Waals surface area contributed by atoms with Gasteiger partial charge in [-0.2, -0.15) is 0 Å². The number of halogens is 1. The quantitative estimate of drug-likeness (QED) is 0.551. The van der Waals surface area contributed by atoms with Gasteiger partial charge in [0.15, 0.2) is 0 Å². The largest absolute Gasteiger partial charge is 0.464 e. The van der Waals surface area contributed by atoms with E-state index in [1.165, 1.54) is 7.11 Å². The Labute approximate surface area is 149 Å².